The van der Waals surface area contributed by atoms with Gasteiger partial charge >= 0.3 is 5.97 Å². The maximum Gasteiger partial charge on any atom is 0.328 e. The highest BCUT2D eigenvalue weighted by Crippen LogP contribution is 2.09. The highest BCUT2D eigenvalue weighted by Gasteiger charge is 2.22. The van der Waals surface area contributed by atoms with Gasteiger partial charge in [-0.2, -0.15) is 0 Å². The molecule has 1 aromatic heterocycles. The third kappa shape index (κ3) is 4.54. The van der Waals surface area contributed by atoms with Crippen molar-refractivity contribution in [2.45, 2.75) is 19.0 Å². The first-order valence-electron chi connectivity index (χ1n) is 7.17. The smallest absolute Gasteiger partial charge is 0.328 e. The van der Waals surface area contributed by atoms with Gasteiger partial charge in [0, 0.05) is 24.9 Å². The van der Waals surface area contributed by atoms with E-state index in [-0.39, 0.29) is 0 Å². The molecule has 0 aliphatic heterocycles. The largest absolute Gasteiger partial charge is 0.467 e. The van der Waals surface area contributed by atoms with Crippen LogP contribution in [0.5, 0.6) is 0 Å². The SMILES string of the molecule is C=CC(=O)N[C@@H](Cc1cncn1Cc1ccccc1)C(=O)OC. The van der Waals surface area contributed by atoms with Gasteiger partial charge in [0.25, 0.3) is 0 Å². The summed E-state index contributed by atoms with van der Waals surface area (Å²) in [4.78, 5) is 27.5. The number of benzene rings is 1. The lowest BCUT2D eigenvalue weighted by Gasteiger charge is -2.16. The molecule has 1 heterocycles. The quantitative estimate of drug-likeness (QED) is 0.618. The van der Waals surface area contributed by atoms with Crippen molar-refractivity contribution in [3.63, 3.8) is 0 Å². The summed E-state index contributed by atoms with van der Waals surface area (Å²) < 4.78 is 6.68. The number of hydrogen-bond acceptors (Lipinski definition) is 4. The molecule has 1 aromatic carbocycles. The predicted octanol–water partition coefficient (Wildman–Crippen LogP) is 1.32. The van der Waals surface area contributed by atoms with Crippen LogP contribution in [0, 0.1) is 0 Å². The molecule has 0 fully saturated rings. The van der Waals surface area contributed by atoms with Gasteiger partial charge < -0.3 is 14.6 Å². The number of carbonyl (C=O) groups excluding carboxylic acids is 2. The Morgan fingerprint density at radius 3 is 2.78 bits per heavy atom. The molecule has 0 saturated carbocycles. The van der Waals surface area contributed by atoms with Crippen LogP contribution in [0.1, 0.15) is 11.3 Å². The van der Waals surface area contributed by atoms with Crippen LogP contribution in [0.3, 0.4) is 0 Å². The number of methoxy groups -OCH3 is 1. The zero-order valence-corrected chi connectivity index (χ0v) is 12.9. The van der Waals surface area contributed by atoms with Crippen molar-refractivity contribution >= 4 is 11.9 Å². The van der Waals surface area contributed by atoms with Crippen LogP contribution in [0.4, 0.5) is 0 Å². The van der Waals surface area contributed by atoms with Gasteiger partial charge in [-0.1, -0.05) is 36.9 Å². The van der Waals surface area contributed by atoms with E-state index >= 15 is 0 Å². The molecule has 0 bridgehead atoms. The monoisotopic (exact) mass is 313 g/mol. The Balaban J connectivity index is 2.14. The number of aromatic nitrogens is 2. The molecule has 120 valence electrons. The molecule has 6 nitrogen and oxygen atoms in total. The number of rotatable bonds is 7. The van der Waals surface area contributed by atoms with Crippen molar-refractivity contribution in [2.75, 3.05) is 7.11 Å². The molecule has 1 atom stereocenters. The van der Waals surface area contributed by atoms with Crippen molar-refractivity contribution in [3.8, 4) is 0 Å². The number of esters is 1. The fourth-order valence-corrected chi connectivity index (χ4v) is 2.22. The Bertz CT molecular complexity index is 679. The summed E-state index contributed by atoms with van der Waals surface area (Å²) >= 11 is 0. The third-order valence-electron chi connectivity index (χ3n) is 3.40. The first kappa shape index (κ1) is 16.5. The average molecular weight is 313 g/mol. The molecule has 0 aliphatic rings. The molecule has 0 saturated heterocycles. The fourth-order valence-electron chi connectivity index (χ4n) is 2.22. The van der Waals surface area contributed by atoms with Crippen LogP contribution in [0.2, 0.25) is 0 Å². The Labute approximate surface area is 134 Å². The highest BCUT2D eigenvalue weighted by atomic mass is 16.5. The van der Waals surface area contributed by atoms with Gasteiger partial charge in [0.15, 0.2) is 0 Å². The second-order valence-electron chi connectivity index (χ2n) is 4.99. The van der Waals surface area contributed by atoms with E-state index in [4.69, 9.17) is 4.74 Å². The Morgan fingerprint density at radius 2 is 2.13 bits per heavy atom. The normalized spacial score (nSPS) is 11.5. The van der Waals surface area contributed by atoms with Crippen LogP contribution >= 0.6 is 0 Å². The summed E-state index contributed by atoms with van der Waals surface area (Å²) in [5.41, 5.74) is 1.95. The summed E-state index contributed by atoms with van der Waals surface area (Å²) in [5, 5.41) is 2.57. The second-order valence-corrected chi connectivity index (χ2v) is 4.99. The minimum absolute atomic E-state index is 0.291. The minimum atomic E-state index is -0.781. The summed E-state index contributed by atoms with van der Waals surface area (Å²) in [7, 11) is 1.29. The van der Waals surface area contributed by atoms with E-state index in [1.807, 2.05) is 34.9 Å². The zero-order valence-electron chi connectivity index (χ0n) is 12.9. The number of amides is 1. The Morgan fingerprint density at radius 1 is 1.39 bits per heavy atom. The summed E-state index contributed by atoms with van der Waals surface area (Å²) in [5.74, 6) is -0.929. The van der Waals surface area contributed by atoms with Gasteiger partial charge in [0.1, 0.15) is 6.04 Å². The van der Waals surface area contributed by atoms with Crippen molar-refractivity contribution in [3.05, 3.63) is 66.8 Å². The van der Waals surface area contributed by atoms with Gasteiger partial charge in [0.2, 0.25) is 5.91 Å². The zero-order chi connectivity index (χ0) is 16.7. The van der Waals surface area contributed by atoms with Crippen molar-refractivity contribution in [1.29, 1.82) is 0 Å². The number of imidazole rings is 1. The van der Waals surface area contributed by atoms with Crippen LogP contribution in [0.15, 0.2) is 55.5 Å². The minimum Gasteiger partial charge on any atom is -0.467 e. The van der Waals surface area contributed by atoms with Crippen LogP contribution in [-0.4, -0.2) is 34.6 Å². The Kier molecular flexibility index (Phi) is 5.68. The summed E-state index contributed by atoms with van der Waals surface area (Å²) in [6.45, 7) is 4.03. The molecule has 0 unspecified atom stereocenters. The lowest BCUT2D eigenvalue weighted by Crippen LogP contribution is -2.42. The summed E-state index contributed by atoms with van der Waals surface area (Å²) in [6.07, 6.45) is 4.79. The van der Waals surface area contributed by atoms with Crippen LogP contribution < -0.4 is 5.32 Å². The third-order valence-corrected chi connectivity index (χ3v) is 3.40. The molecule has 0 spiro atoms. The molecule has 0 radical (unpaired) electrons. The standard InChI is InChI=1S/C17H19N3O3/c1-3-16(21)19-15(17(22)23-2)9-14-10-18-12-20(14)11-13-7-5-4-6-8-13/h3-8,10,12,15H,1,9,11H2,2H3,(H,19,21)/t15-/m0/s1. The average Bonchev–Trinajstić information content (AvgIpc) is 3.01. The van der Waals surface area contributed by atoms with E-state index in [9.17, 15) is 9.59 Å². The molecule has 6 heteroatoms. The maximum atomic E-state index is 11.9. The fraction of sp³-hybridized carbons (Fsp3) is 0.235. The molecular formula is C17H19N3O3. The van der Waals surface area contributed by atoms with E-state index in [1.54, 1.807) is 12.5 Å². The van der Waals surface area contributed by atoms with E-state index in [0.717, 1.165) is 17.3 Å². The molecule has 23 heavy (non-hydrogen) atoms. The van der Waals surface area contributed by atoms with Gasteiger partial charge in [0.05, 0.1) is 13.4 Å². The predicted molar refractivity (Wildman–Crippen MR) is 85.6 cm³/mol. The van der Waals surface area contributed by atoms with Gasteiger partial charge in [-0.3, -0.25) is 4.79 Å². The topological polar surface area (TPSA) is 73.2 Å². The lowest BCUT2D eigenvalue weighted by molar-refractivity contribution is -0.144. The van der Waals surface area contributed by atoms with Gasteiger partial charge in [-0.15, -0.1) is 0 Å². The van der Waals surface area contributed by atoms with Crippen molar-refractivity contribution in [1.82, 2.24) is 14.9 Å². The highest BCUT2D eigenvalue weighted by molar-refractivity contribution is 5.91. The number of nitrogens with zero attached hydrogens (tertiary/aromatic N) is 2. The number of carbonyl (C=O) groups is 2. The Hall–Kier alpha value is -2.89. The molecule has 2 rings (SSSR count). The van der Waals surface area contributed by atoms with E-state index < -0.39 is 17.9 Å². The number of ether oxygens (including phenoxy) is 1. The molecule has 1 N–H and O–H groups in total. The number of hydrogen-bond donors (Lipinski definition) is 1. The van der Waals surface area contributed by atoms with Crippen LogP contribution in [0.25, 0.3) is 0 Å². The first-order chi connectivity index (χ1) is 11.1. The molecule has 1 amide bonds. The lowest BCUT2D eigenvalue weighted by atomic mass is 10.1. The summed E-state index contributed by atoms with van der Waals surface area (Å²) in [6, 6.07) is 9.14. The second kappa shape index (κ2) is 7.93. The van der Waals surface area contributed by atoms with Gasteiger partial charge in [-0.25, -0.2) is 9.78 Å². The van der Waals surface area contributed by atoms with Crippen molar-refractivity contribution in [2.24, 2.45) is 0 Å². The molecular weight excluding hydrogens is 294 g/mol. The van der Waals surface area contributed by atoms with E-state index in [1.165, 1.54) is 7.11 Å². The first-order valence-corrected chi connectivity index (χ1v) is 7.17. The molecule has 2 aromatic rings. The van der Waals surface area contributed by atoms with Crippen LogP contribution in [-0.2, 0) is 27.3 Å². The van der Waals surface area contributed by atoms with Crippen molar-refractivity contribution < 1.29 is 14.3 Å². The van der Waals surface area contributed by atoms with E-state index in [0.29, 0.717) is 13.0 Å². The van der Waals surface area contributed by atoms with Gasteiger partial charge in [-0.05, 0) is 11.6 Å². The van der Waals surface area contributed by atoms with E-state index in [2.05, 4.69) is 16.9 Å². The maximum absolute atomic E-state index is 11.9. The molecule has 0 aliphatic carbocycles. The number of nitrogens with one attached hydrogen (secondary N) is 1.